The molecule has 1 heterocycles. The first-order chi connectivity index (χ1) is 9.81. The van der Waals surface area contributed by atoms with Crippen LogP contribution in [0.5, 0.6) is 0 Å². The normalized spacial score (nSPS) is 11.8. The second-order valence-electron chi connectivity index (χ2n) is 4.83. The average molecular weight is 267 g/mol. The number of hydrogen-bond donors (Lipinski definition) is 1. The van der Waals surface area contributed by atoms with Gasteiger partial charge in [-0.1, -0.05) is 43.4 Å². The van der Waals surface area contributed by atoms with Crippen LogP contribution in [0.1, 0.15) is 31.9 Å². The van der Waals surface area contributed by atoms with Gasteiger partial charge in [0.1, 0.15) is 0 Å². The van der Waals surface area contributed by atoms with Gasteiger partial charge in [0.05, 0.1) is 0 Å². The first-order valence-corrected chi connectivity index (χ1v) is 7.22. The molecule has 2 rings (SSSR count). The van der Waals surface area contributed by atoms with E-state index in [0.717, 1.165) is 42.3 Å². The maximum Gasteiger partial charge on any atom is 0.189 e. The van der Waals surface area contributed by atoms with Gasteiger partial charge in [-0.3, -0.25) is 4.79 Å². The number of nitrogens with one attached hydrogen (secondary N) is 1. The zero-order chi connectivity index (χ0) is 14.2. The van der Waals surface area contributed by atoms with Gasteiger partial charge in [-0.05, 0) is 37.8 Å². The highest BCUT2D eigenvalue weighted by molar-refractivity contribution is 5.78. The lowest BCUT2D eigenvalue weighted by Gasteiger charge is -2.02. The van der Waals surface area contributed by atoms with E-state index in [-0.39, 0.29) is 5.43 Å². The molecule has 0 aliphatic heterocycles. The van der Waals surface area contributed by atoms with Crippen molar-refractivity contribution in [1.82, 2.24) is 4.98 Å². The highest BCUT2D eigenvalue weighted by Gasteiger charge is 2.00. The fraction of sp³-hybridized carbons (Fsp3) is 0.278. The number of aromatic nitrogens is 1. The van der Waals surface area contributed by atoms with Crippen molar-refractivity contribution in [3.8, 4) is 0 Å². The maximum absolute atomic E-state index is 12.0. The third-order valence-electron chi connectivity index (χ3n) is 3.21. The fourth-order valence-electron chi connectivity index (χ4n) is 2.18. The molecule has 1 aromatic carbocycles. The van der Waals surface area contributed by atoms with E-state index in [1.807, 2.05) is 24.3 Å². The molecule has 0 aliphatic carbocycles. The summed E-state index contributed by atoms with van der Waals surface area (Å²) < 4.78 is 0. The molecule has 0 unspecified atom stereocenters. The number of H-pyrrole nitrogens is 1. The summed E-state index contributed by atoms with van der Waals surface area (Å²) in [4.78, 5) is 15.3. The third-order valence-corrected chi connectivity index (χ3v) is 3.21. The summed E-state index contributed by atoms with van der Waals surface area (Å²) in [6.07, 6.45) is 12.6. The Morgan fingerprint density at radius 3 is 2.75 bits per heavy atom. The Morgan fingerprint density at radius 2 is 1.90 bits per heavy atom. The van der Waals surface area contributed by atoms with Crippen molar-refractivity contribution in [3.05, 3.63) is 70.6 Å². The predicted octanol–water partition coefficient (Wildman–Crippen LogP) is 4.37. The molecule has 1 aromatic heterocycles. The van der Waals surface area contributed by atoms with Crippen molar-refractivity contribution in [3.63, 3.8) is 0 Å². The number of allylic oxidation sites excluding steroid dienone is 4. The maximum atomic E-state index is 12.0. The van der Waals surface area contributed by atoms with E-state index in [0.29, 0.717) is 0 Å². The number of aromatic amines is 1. The number of hydrogen-bond acceptors (Lipinski definition) is 1. The van der Waals surface area contributed by atoms with Crippen LogP contribution < -0.4 is 5.43 Å². The van der Waals surface area contributed by atoms with Crippen LogP contribution in [0, 0.1) is 0 Å². The smallest absolute Gasteiger partial charge is 0.189 e. The van der Waals surface area contributed by atoms with Gasteiger partial charge in [-0.25, -0.2) is 0 Å². The van der Waals surface area contributed by atoms with Crippen LogP contribution >= 0.6 is 0 Å². The van der Waals surface area contributed by atoms with E-state index in [9.17, 15) is 4.79 Å². The Morgan fingerprint density at radius 1 is 1.10 bits per heavy atom. The summed E-state index contributed by atoms with van der Waals surface area (Å²) in [5.74, 6) is 0. The molecule has 0 amide bonds. The Bertz CT molecular complexity index is 664. The van der Waals surface area contributed by atoms with E-state index >= 15 is 0 Å². The lowest BCUT2D eigenvalue weighted by molar-refractivity contribution is 0.949. The second-order valence-corrected chi connectivity index (χ2v) is 4.83. The van der Waals surface area contributed by atoms with Crippen molar-refractivity contribution in [2.24, 2.45) is 0 Å². The van der Waals surface area contributed by atoms with Crippen LogP contribution in [0.2, 0.25) is 0 Å². The zero-order valence-electron chi connectivity index (χ0n) is 11.9. The summed E-state index contributed by atoms with van der Waals surface area (Å²) in [6.45, 7) is 2.14. The number of pyridine rings is 1. The topological polar surface area (TPSA) is 32.9 Å². The van der Waals surface area contributed by atoms with Gasteiger partial charge in [-0.15, -0.1) is 0 Å². The Balaban J connectivity index is 1.97. The minimum atomic E-state index is 0.101. The molecule has 0 radical (unpaired) electrons. The molecule has 104 valence electrons. The number of aryl methyl sites for hydroxylation is 1. The van der Waals surface area contributed by atoms with Gasteiger partial charge in [-0.2, -0.15) is 0 Å². The largest absolute Gasteiger partial charge is 0.358 e. The number of para-hydroxylation sites is 1. The van der Waals surface area contributed by atoms with Gasteiger partial charge in [0.15, 0.2) is 5.43 Å². The van der Waals surface area contributed by atoms with Crippen LogP contribution in [-0.4, -0.2) is 4.98 Å². The minimum absolute atomic E-state index is 0.101. The third kappa shape index (κ3) is 3.95. The summed E-state index contributed by atoms with van der Waals surface area (Å²) in [7, 11) is 0. The predicted molar refractivity (Wildman–Crippen MR) is 86.1 cm³/mol. The molecule has 0 aliphatic rings. The molecule has 2 heteroatoms. The first kappa shape index (κ1) is 14.3. The number of benzene rings is 1. The Hall–Kier alpha value is -2.09. The summed E-state index contributed by atoms with van der Waals surface area (Å²) in [6, 6.07) is 9.36. The van der Waals surface area contributed by atoms with E-state index in [1.54, 1.807) is 6.07 Å². The monoisotopic (exact) mass is 267 g/mol. The number of rotatable bonds is 6. The highest BCUT2D eigenvalue weighted by atomic mass is 16.1. The summed E-state index contributed by atoms with van der Waals surface area (Å²) >= 11 is 0. The van der Waals surface area contributed by atoms with E-state index < -0.39 is 0 Å². The molecular formula is C18H21NO. The molecule has 0 spiro atoms. The van der Waals surface area contributed by atoms with Gasteiger partial charge in [0.2, 0.25) is 0 Å². The van der Waals surface area contributed by atoms with E-state index in [4.69, 9.17) is 0 Å². The molecule has 2 nitrogen and oxygen atoms in total. The molecule has 2 aromatic rings. The lowest BCUT2D eigenvalue weighted by Crippen LogP contribution is -2.04. The van der Waals surface area contributed by atoms with Crippen molar-refractivity contribution in [2.45, 2.75) is 32.6 Å². The second kappa shape index (κ2) is 7.49. The fourth-order valence-corrected chi connectivity index (χ4v) is 2.18. The van der Waals surface area contributed by atoms with Gasteiger partial charge >= 0.3 is 0 Å². The minimum Gasteiger partial charge on any atom is -0.358 e. The van der Waals surface area contributed by atoms with Crippen LogP contribution in [0.3, 0.4) is 0 Å². The summed E-state index contributed by atoms with van der Waals surface area (Å²) in [5, 5.41) is 0.761. The van der Waals surface area contributed by atoms with Crippen LogP contribution in [0.4, 0.5) is 0 Å². The lowest BCUT2D eigenvalue weighted by atomic mass is 10.1. The van der Waals surface area contributed by atoms with Crippen molar-refractivity contribution >= 4 is 10.9 Å². The van der Waals surface area contributed by atoms with Crippen LogP contribution in [0.15, 0.2) is 59.4 Å². The SMILES string of the molecule is CC/C=C\C/C=C\CCc1cc(=O)c2ccccc2[nH]1. The highest BCUT2D eigenvalue weighted by Crippen LogP contribution is 2.08. The van der Waals surface area contributed by atoms with Gasteiger partial charge in [0.25, 0.3) is 0 Å². The summed E-state index contributed by atoms with van der Waals surface area (Å²) in [5.41, 5.74) is 2.02. The van der Waals surface area contributed by atoms with Gasteiger partial charge in [0, 0.05) is 22.7 Å². The molecule has 20 heavy (non-hydrogen) atoms. The van der Waals surface area contributed by atoms with Crippen molar-refractivity contribution in [2.75, 3.05) is 0 Å². The molecule has 0 bridgehead atoms. The molecular weight excluding hydrogens is 246 g/mol. The molecule has 0 saturated carbocycles. The van der Waals surface area contributed by atoms with Crippen LogP contribution in [-0.2, 0) is 6.42 Å². The first-order valence-electron chi connectivity index (χ1n) is 7.22. The molecule has 0 atom stereocenters. The Kier molecular flexibility index (Phi) is 5.36. The molecule has 0 fully saturated rings. The van der Waals surface area contributed by atoms with Gasteiger partial charge < -0.3 is 4.98 Å². The van der Waals surface area contributed by atoms with Crippen LogP contribution in [0.25, 0.3) is 10.9 Å². The standard InChI is InChI=1S/C18H21NO/c1-2-3-4-5-6-7-8-11-15-14-18(20)16-12-9-10-13-17(16)19-15/h3-4,6-7,9-10,12-14H,2,5,8,11H2,1H3,(H,19,20)/b4-3-,7-6-. The zero-order valence-corrected chi connectivity index (χ0v) is 11.9. The van der Waals surface area contributed by atoms with E-state index in [1.165, 1.54) is 0 Å². The molecule has 1 N–H and O–H groups in total. The molecule has 0 saturated heterocycles. The average Bonchev–Trinajstić information content (AvgIpc) is 2.46. The van der Waals surface area contributed by atoms with Crippen molar-refractivity contribution in [1.29, 1.82) is 0 Å². The van der Waals surface area contributed by atoms with E-state index in [2.05, 4.69) is 36.2 Å². The number of fused-ring (bicyclic) bond motifs is 1. The van der Waals surface area contributed by atoms with Crippen molar-refractivity contribution < 1.29 is 0 Å². The Labute approximate surface area is 119 Å². The quantitative estimate of drug-likeness (QED) is 0.774.